The van der Waals surface area contributed by atoms with Gasteiger partial charge in [0.25, 0.3) is 5.91 Å². The van der Waals surface area contributed by atoms with Crippen LogP contribution >= 0.6 is 0 Å². The zero-order valence-corrected chi connectivity index (χ0v) is 10.3. The Morgan fingerprint density at radius 2 is 2.22 bits per heavy atom. The number of hydrogen-bond donors (Lipinski definition) is 3. The zero-order chi connectivity index (χ0) is 13.3. The summed E-state index contributed by atoms with van der Waals surface area (Å²) in [6.45, 7) is 3.22. The van der Waals surface area contributed by atoms with Crippen molar-refractivity contribution in [3.63, 3.8) is 0 Å². The molecule has 1 aliphatic rings. The normalized spacial score (nSPS) is 21.0. The molecule has 2 rings (SSSR count). The quantitative estimate of drug-likeness (QED) is 0.728. The van der Waals surface area contributed by atoms with Crippen molar-refractivity contribution in [3.8, 4) is 11.5 Å². The van der Waals surface area contributed by atoms with Gasteiger partial charge in [0.15, 0.2) is 0 Å². The molecule has 1 fully saturated rings. The van der Waals surface area contributed by atoms with E-state index in [1.54, 1.807) is 4.90 Å². The molecule has 18 heavy (non-hydrogen) atoms. The number of amides is 1. The summed E-state index contributed by atoms with van der Waals surface area (Å²) in [7, 11) is 0. The van der Waals surface area contributed by atoms with Crippen molar-refractivity contribution in [3.05, 3.63) is 23.8 Å². The van der Waals surface area contributed by atoms with Crippen molar-refractivity contribution in [1.82, 2.24) is 4.90 Å². The third kappa shape index (κ3) is 2.41. The molecule has 2 unspecified atom stereocenters. The average Bonchev–Trinajstić information content (AvgIpc) is 2.77. The van der Waals surface area contributed by atoms with Gasteiger partial charge in [0.05, 0.1) is 5.56 Å². The fraction of sp³-hybridized carbons (Fsp3) is 0.462. The van der Waals surface area contributed by atoms with E-state index in [4.69, 9.17) is 5.73 Å². The summed E-state index contributed by atoms with van der Waals surface area (Å²) in [5, 5.41) is 18.9. The van der Waals surface area contributed by atoms with Gasteiger partial charge in [0, 0.05) is 25.2 Å². The molecule has 0 radical (unpaired) electrons. The number of likely N-dealkylation sites (tertiary alicyclic amines) is 1. The molecule has 1 aromatic carbocycles. The maximum Gasteiger partial charge on any atom is 0.257 e. The van der Waals surface area contributed by atoms with Crippen LogP contribution < -0.4 is 5.73 Å². The Labute approximate surface area is 106 Å². The number of nitrogens with two attached hydrogens (primary N) is 1. The van der Waals surface area contributed by atoms with Crippen LogP contribution in [0.5, 0.6) is 11.5 Å². The van der Waals surface area contributed by atoms with Crippen molar-refractivity contribution in [2.24, 2.45) is 11.7 Å². The van der Waals surface area contributed by atoms with Crippen LogP contribution in [-0.4, -0.2) is 40.2 Å². The molecule has 1 saturated heterocycles. The number of rotatable bonds is 2. The molecule has 1 aromatic rings. The molecule has 2 atom stereocenters. The molecule has 0 spiro atoms. The molecule has 0 bridgehead atoms. The van der Waals surface area contributed by atoms with E-state index < -0.39 is 0 Å². The molecule has 5 heteroatoms. The van der Waals surface area contributed by atoms with E-state index in [9.17, 15) is 15.0 Å². The summed E-state index contributed by atoms with van der Waals surface area (Å²) in [4.78, 5) is 13.9. The van der Waals surface area contributed by atoms with Gasteiger partial charge >= 0.3 is 0 Å². The van der Waals surface area contributed by atoms with Crippen LogP contribution in [0, 0.1) is 5.92 Å². The van der Waals surface area contributed by atoms with Crippen LogP contribution in [0.25, 0.3) is 0 Å². The van der Waals surface area contributed by atoms with Gasteiger partial charge in [-0.3, -0.25) is 4.79 Å². The Hall–Kier alpha value is -1.75. The number of carbonyl (C=O) groups excluding carboxylic acids is 1. The summed E-state index contributed by atoms with van der Waals surface area (Å²) < 4.78 is 0. The number of benzene rings is 1. The van der Waals surface area contributed by atoms with E-state index in [0.717, 1.165) is 6.42 Å². The summed E-state index contributed by atoms with van der Waals surface area (Å²) in [6, 6.07) is 4.07. The van der Waals surface area contributed by atoms with E-state index >= 15 is 0 Å². The van der Waals surface area contributed by atoms with E-state index in [1.807, 2.05) is 6.92 Å². The summed E-state index contributed by atoms with van der Waals surface area (Å²) in [6.07, 6.45) is 0.891. The topological polar surface area (TPSA) is 86.8 Å². The second-order valence-corrected chi connectivity index (χ2v) is 4.86. The molecular formula is C13H18N2O3. The van der Waals surface area contributed by atoms with Gasteiger partial charge in [-0.2, -0.15) is 0 Å². The largest absolute Gasteiger partial charge is 0.508 e. The molecule has 1 amide bonds. The van der Waals surface area contributed by atoms with Crippen molar-refractivity contribution < 1.29 is 15.0 Å². The molecule has 0 aliphatic carbocycles. The number of carbonyl (C=O) groups is 1. The van der Waals surface area contributed by atoms with E-state index in [2.05, 4.69) is 0 Å². The molecule has 4 N–H and O–H groups in total. The summed E-state index contributed by atoms with van der Waals surface area (Å²) in [5.41, 5.74) is 6.05. The highest BCUT2D eigenvalue weighted by Crippen LogP contribution is 2.26. The third-order valence-corrected chi connectivity index (χ3v) is 3.47. The fourth-order valence-corrected chi connectivity index (χ4v) is 2.27. The molecule has 0 saturated carbocycles. The lowest BCUT2D eigenvalue weighted by molar-refractivity contribution is 0.0783. The number of hydrogen-bond acceptors (Lipinski definition) is 4. The average molecular weight is 250 g/mol. The predicted octanol–water partition coefficient (Wildman–Crippen LogP) is 0.907. The van der Waals surface area contributed by atoms with Crippen molar-refractivity contribution in [1.29, 1.82) is 0 Å². The maximum absolute atomic E-state index is 12.2. The number of phenolic OH excluding ortho intramolecular Hbond substituents is 2. The predicted molar refractivity (Wildman–Crippen MR) is 67.4 cm³/mol. The Balaban J connectivity index is 2.13. The standard InChI is InChI=1S/C13H18N2O3/c1-8(14)9-4-5-15(7-9)13(18)11-3-2-10(16)6-12(11)17/h2-3,6,8-9,16-17H,4-5,7,14H2,1H3. The lowest BCUT2D eigenvalue weighted by Gasteiger charge is -2.18. The molecule has 0 aromatic heterocycles. The monoisotopic (exact) mass is 250 g/mol. The lowest BCUT2D eigenvalue weighted by atomic mass is 10.0. The van der Waals surface area contributed by atoms with Gasteiger partial charge in [-0.15, -0.1) is 0 Å². The van der Waals surface area contributed by atoms with Crippen LogP contribution in [0.2, 0.25) is 0 Å². The van der Waals surface area contributed by atoms with E-state index in [-0.39, 0.29) is 29.0 Å². The van der Waals surface area contributed by atoms with Gasteiger partial charge in [0.2, 0.25) is 0 Å². The summed E-state index contributed by atoms with van der Waals surface area (Å²) >= 11 is 0. The first-order valence-corrected chi connectivity index (χ1v) is 6.06. The zero-order valence-electron chi connectivity index (χ0n) is 10.3. The third-order valence-electron chi connectivity index (χ3n) is 3.47. The SMILES string of the molecule is CC(N)C1CCN(C(=O)c2ccc(O)cc2O)C1. The van der Waals surface area contributed by atoms with Crippen molar-refractivity contribution in [2.45, 2.75) is 19.4 Å². The van der Waals surface area contributed by atoms with Crippen LogP contribution in [0.1, 0.15) is 23.7 Å². The Morgan fingerprint density at radius 1 is 1.50 bits per heavy atom. The Morgan fingerprint density at radius 3 is 2.78 bits per heavy atom. The second-order valence-electron chi connectivity index (χ2n) is 4.86. The number of aromatic hydroxyl groups is 2. The molecule has 98 valence electrons. The summed E-state index contributed by atoms with van der Waals surface area (Å²) in [5.74, 6) is -0.146. The minimum Gasteiger partial charge on any atom is -0.508 e. The highest BCUT2D eigenvalue weighted by molar-refractivity contribution is 5.97. The van der Waals surface area contributed by atoms with E-state index in [0.29, 0.717) is 19.0 Å². The number of phenols is 2. The van der Waals surface area contributed by atoms with Crippen molar-refractivity contribution in [2.75, 3.05) is 13.1 Å². The van der Waals surface area contributed by atoms with Gasteiger partial charge in [0.1, 0.15) is 11.5 Å². The van der Waals surface area contributed by atoms with Gasteiger partial charge in [-0.1, -0.05) is 0 Å². The van der Waals surface area contributed by atoms with Crippen LogP contribution in [-0.2, 0) is 0 Å². The van der Waals surface area contributed by atoms with Gasteiger partial charge in [-0.05, 0) is 31.4 Å². The Bertz CT molecular complexity index is 460. The minimum absolute atomic E-state index is 0.0565. The second kappa shape index (κ2) is 4.86. The molecule has 5 nitrogen and oxygen atoms in total. The first-order chi connectivity index (χ1) is 8.49. The van der Waals surface area contributed by atoms with Gasteiger partial charge in [-0.25, -0.2) is 0 Å². The smallest absolute Gasteiger partial charge is 0.257 e. The fourth-order valence-electron chi connectivity index (χ4n) is 2.27. The van der Waals surface area contributed by atoms with E-state index in [1.165, 1.54) is 18.2 Å². The Kier molecular flexibility index (Phi) is 3.43. The van der Waals surface area contributed by atoms with Gasteiger partial charge < -0.3 is 20.8 Å². The maximum atomic E-state index is 12.2. The first kappa shape index (κ1) is 12.7. The first-order valence-electron chi connectivity index (χ1n) is 6.06. The van der Waals surface area contributed by atoms with Crippen LogP contribution in [0.3, 0.4) is 0 Å². The lowest BCUT2D eigenvalue weighted by Crippen LogP contribution is -2.33. The van der Waals surface area contributed by atoms with Crippen molar-refractivity contribution >= 4 is 5.91 Å². The van der Waals surface area contributed by atoms with Crippen LogP contribution in [0.4, 0.5) is 0 Å². The highest BCUT2D eigenvalue weighted by atomic mass is 16.3. The number of nitrogens with zero attached hydrogens (tertiary/aromatic N) is 1. The molecular weight excluding hydrogens is 232 g/mol. The molecule has 1 heterocycles. The van der Waals surface area contributed by atoms with Crippen LogP contribution in [0.15, 0.2) is 18.2 Å². The molecule has 1 aliphatic heterocycles. The highest BCUT2D eigenvalue weighted by Gasteiger charge is 2.29. The minimum atomic E-state index is -0.212.